The molecule has 4 rings (SSSR count). The minimum absolute atomic E-state index is 0.105. The highest BCUT2D eigenvalue weighted by atomic mass is 35.5. The summed E-state index contributed by atoms with van der Waals surface area (Å²) in [6, 6.07) is 11.2. The van der Waals surface area contributed by atoms with Crippen LogP contribution in [0.1, 0.15) is 16.7 Å². The van der Waals surface area contributed by atoms with Crippen molar-refractivity contribution < 1.29 is 30.7 Å². The second kappa shape index (κ2) is 9.88. The monoisotopic (exact) mass is 540 g/mol. The quantitative estimate of drug-likeness (QED) is 0.154. The maximum Gasteiger partial charge on any atom is 0.416 e. The van der Waals surface area contributed by atoms with Gasteiger partial charge in [0.15, 0.2) is 0 Å². The van der Waals surface area contributed by atoms with Crippen LogP contribution in [0.5, 0.6) is 5.75 Å². The van der Waals surface area contributed by atoms with Gasteiger partial charge < -0.3 is 4.74 Å². The minimum atomic E-state index is -4.74. The van der Waals surface area contributed by atoms with Crippen molar-refractivity contribution in [2.45, 2.75) is 30.1 Å². The molecule has 0 aliphatic carbocycles. The lowest BCUT2D eigenvalue weighted by atomic mass is 10.00. The van der Waals surface area contributed by atoms with E-state index in [4.69, 9.17) is 21.9 Å². The summed E-state index contributed by atoms with van der Waals surface area (Å²) in [5, 5.41) is 3.77. The van der Waals surface area contributed by atoms with Gasteiger partial charge in [-0.3, -0.25) is 4.31 Å². The Morgan fingerprint density at radius 2 is 1.89 bits per heavy atom. The van der Waals surface area contributed by atoms with Gasteiger partial charge in [-0.05, 0) is 53.9 Å². The van der Waals surface area contributed by atoms with E-state index in [0.29, 0.717) is 11.6 Å². The minimum Gasteiger partial charge on any atom is -0.489 e. The highest BCUT2D eigenvalue weighted by molar-refractivity contribution is 7.92. The highest BCUT2D eigenvalue weighted by Crippen LogP contribution is 2.37. The normalized spacial score (nSPS) is 15.7. The zero-order valence-corrected chi connectivity index (χ0v) is 19.9. The van der Waals surface area contributed by atoms with E-state index in [1.165, 1.54) is 30.3 Å². The molecule has 1 aliphatic rings. The molecule has 0 spiro atoms. The van der Waals surface area contributed by atoms with Gasteiger partial charge in [0.05, 0.1) is 27.2 Å². The molecule has 188 valence electrons. The fourth-order valence-corrected chi connectivity index (χ4v) is 5.61. The number of benzene rings is 3. The summed E-state index contributed by atoms with van der Waals surface area (Å²) in [5.41, 5.74) is 8.48. The summed E-state index contributed by atoms with van der Waals surface area (Å²) in [4.78, 5) is 2.17. The molecule has 3 aromatic carbocycles. The number of anilines is 1. The number of fused-ring (bicyclic) bond motifs is 1. The largest absolute Gasteiger partial charge is 0.489 e. The number of nitrogens with zero attached hydrogens (tertiary/aromatic N) is 4. The molecular weight excluding hydrogens is 524 g/mol. The molecule has 0 fully saturated rings. The molecule has 0 saturated carbocycles. The van der Waals surface area contributed by atoms with Crippen LogP contribution < -0.4 is 9.04 Å². The second-order valence-corrected chi connectivity index (χ2v) is 10.2. The third-order valence-electron chi connectivity index (χ3n) is 5.57. The standard InChI is InChI=1S/C23H17ClF4N4O3S/c24-20-5-2-6-21(25)19(20)13-35-17-8-7-14-9-16(30-31-29)12-32(22(14)11-17)36(33,34)18-4-1-3-15(10-18)23(26,27)28/h1-8,10-11,16H,9,12-13H2/t16-/m1/s1. The van der Waals surface area contributed by atoms with Crippen molar-refractivity contribution in [2.24, 2.45) is 5.11 Å². The maximum absolute atomic E-state index is 14.1. The lowest BCUT2D eigenvalue weighted by Crippen LogP contribution is -2.41. The maximum atomic E-state index is 14.1. The van der Waals surface area contributed by atoms with Gasteiger partial charge in [0.1, 0.15) is 18.2 Å². The van der Waals surface area contributed by atoms with Crippen LogP contribution in [-0.2, 0) is 29.2 Å². The number of sulfonamides is 1. The Bertz CT molecular complexity index is 1440. The van der Waals surface area contributed by atoms with E-state index >= 15 is 0 Å². The number of rotatable bonds is 6. The van der Waals surface area contributed by atoms with Gasteiger partial charge in [0.2, 0.25) is 0 Å². The highest BCUT2D eigenvalue weighted by Gasteiger charge is 2.36. The van der Waals surface area contributed by atoms with Crippen LogP contribution in [-0.4, -0.2) is 21.0 Å². The zero-order chi connectivity index (χ0) is 26.1. The van der Waals surface area contributed by atoms with E-state index in [0.717, 1.165) is 22.5 Å². The lowest BCUT2D eigenvalue weighted by Gasteiger charge is -2.34. The predicted octanol–water partition coefficient (Wildman–Crippen LogP) is 6.51. The van der Waals surface area contributed by atoms with Gasteiger partial charge in [-0.2, -0.15) is 13.2 Å². The summed E-state index contributed by atoms with van der Waals surface area (Å²) < 4.78 is 87.2. The van der Waals surface area contributed by atoms with Crippen molar-refractivity contribution in [3.8, 4) is 5.75 Å². The third-order valence-corrected chi connectivity index (χ3v) is 7.70. The smallest absolute Gasteiger partial charge is 0.416 e. The first-order valence-corrected chi connectivity index (χ1v) is 12.3. The summed E-state index contributed by atoms with van der Waals surface area (Å²) in [6.07, 6.45) is -4.54. The van der Waals surface area contributed by atoms with Crippen LogP contribution in [0.4, 0.5) is 23.2 Å². The van der Waals surface area contributed by atoms with E-state index in [2.05, 4.69) is 10.0 Å². The molecule has 0 unspecified atom stereocenters. The van der Waals surface area contributed by atoms with Crippen molar-refractivity contribution in [1.29, 1.82) is 0 Å². The molecule has 0 N–H and O–H groups in total. The van der Waals surface area contributed by atoms with Gasteiger partial charge in [-0.15, -0.1) is 0 Å². The molecule has 3 aromatic rings. The fraction of sp³-hybridized carbons (Fsp3) is 0.217. The number of hydrogen-bond donors (Lipinski definition) is 0. The number of azide groups is 1. The van der Waals surface area contributed by atoms with Crippen molar-refractivity contribution in [2.75, 3.05) is 10.8 Å². The van der Waals surface area contributed by atoms with Gasteiger partial charge in [-0.1, -0.05) is 34.9 Å². The first-order valence-electron chi connectivity index (χ1n) is 10.4. The molecule has 0 saturated heterocycles. The van der Waals surface area contributed by atoms with E-state index in [-0.39, 0.29) is 41.6 Å². The van der Waals surface area contributed by atoms with Crippen molar-refractivity contribution in [3.05, 3.63) is 98.6 Å². The molecule has 36 heavy (non-hydrogen) atoms. The third kappa shape index (κ3) is 5.20. The van der Waals surface area contributed by atoms with Gasteiger partial charge in [0.25, 0.3) is 10.0 Å². The Balaban J connectivity index is 1.73. The second-order valence-electron chi connectivity index (χ2n) is 7.90. The van der Waals surface area contributed by atoms with Gasteiger partial charge >= 0.3 is 6.18 Å². The molecule has 0 bridgehead atoms. The van der Waals surface area contributed by atoms with Crippen LogP contribution in [0.25, 0.3) is 10.4 Å². The van der Waals surface area contributed by atoms with Crippen molar-refractivity contribution >= 4 is 27.3 Å². The molecule has 0 amide bonds. The summed E-state index contributed by atoms with van der Waals surface area (Å²) >= 11 is 6.03. The number of alkyl halides is 3. The number of halogens is 5. The van der Waals surface area contributed by atoms with Crippen molar-refractivity contribution in [3.63, 3.8) is 0 Å². The summed E-state index contributed by atoms with van der Waals surface area (Å²) in [6.45, 7) is -0.537. The van der Waals surface area contributed by atoms with Crippen LogP contribution >= 0.6 is 11.6 Å². The van der Waals surface area contributed by atoms with Gasteiger partial charge in [0, 0.05) is 23.1 Å². The first-order chi connectivity index (χ1) is 17.0. The Morgan fingerprint density at radius 1 is 1.14 bits per heavy atom. The SMILES string of the molecule is [N-]=[N+]=N[C@@H]1Cc2ccc(OCc3c(F)cccc3Cl)cc2N(S(=O)(=O)c2cccc(C(F)(F)F)c2)C1. The molecule has 13 heteroatoms. The van der Waals surface area contributed by atoms with Crippen LogP contribution in [0.15, 0.2) is 70.7 Å². The average molecular weight is 541 g/mol. The van der Waals surface area contributed by atoms with E-state index in [1.54, 1.807) is 6.07 Å². The molecule has 1 atom stereocenters. The molecule has 0 aromatic heterocycles. The van der Waals surface area contributed by atoms with E-state index < -0.39 is 38.5 Å². The van der Waals surface area contributed by atoms with Crippen molar-refractivity contribution in [1.82, 2.24) is 0 Å². The Kier molecular flexibility index (Phi) is 7.03. The lowest BCUT2D eigenvalue weighted by molar-refractivity contribution is -0.137. The molecular formula is C23H17ClF4N4O3S. The summed E-state index contributed by atoms with van der Waals surface area (Å²) in [5.74, 6) is -0.397. The van der Waals surface area contributed by atoms with Crippen LogP contribution in [0, 0.1) is 5.82 Å². The fourth-order valence-electron chi connectivity index (χ4n) is 3.81. The van der Waals surface area contributed by atoms with E-state index in [1.807, 2.05) is 0 Å². The molecule has 0 radical (unpaired) electrons. The summed E-state index contributed by atoms with van der Waals surface area (Å²) in [7, 11) is -4.49. The van der Waals surface area contributed by atoms with Gasteiger partial charge in [-0.25, -0.2) is 12.8 Å². The van der Waals surface area contributed by atoms with Crippen LogP contribution in [0.2, 0.25) is 5.02 Å². The Labute approximate surface area is 208 Å². The van der Waals surface area contributed by atoms with Crippen LogP contribution in [0.3, 0.4) is 0 Å². The Morgan fingerprint density at radius 3 is 2.58 bits per heavy atom. The van der Waals surface area contributed by atoms with E-state index in [9.17, 15) is 26.0 Å². The molecule has 7 nitrogen and oxygen atoms in total. The molecule has 1 heterocycles. The number of ether oxygens (including phenoxy) is 1. The number of hydrogen-bond acceptors (Lipinski definition) is 4. The molecule has 1 aliphatic heterocycles. The topological polar surface area (TPSA) is 95.4 Å². The zero-order valence-electron chi connectivity index (χ0n) is 18.3. The first kappa shape index (κ1) is 25.6. The predicted molar refractivity (Wildman–Crippen MR) is 125 cm³/mol. The average Bonchev–Trinajstić information content (AvgIpc) is 2.83. The Hall–Kier alpha value is -3.47.